The molecule has 1 aliphatic carbocycles. The van der Waals surface area contributed by atoms with Crippen LogP contribution < -0.4 is 0 Å². The first-order chi connectivity index (χ1) is 30.2. The standard InChI is InChI=1S/C56H35N3OS/c1-3-13-34(14-4-1)54-45-33-37(25-28-47(45)57-56(58-54)43-21-11-20-42-41-18-8-10-23-50(41)60-55(42)43)39-19-12-24-52-53(39)46-32-36(27-30-51(46)61-52)35-26-29-49-44(31-35)40-17-7-9-22-48(40)59(49)38-15-5-2-6-16-38/h1,3-5,7-33H,2,6H2. The van der Waals surface area contributed by atoms with Gasteiger partial charge in [0, 0.05) is 58.4 Å². The molecule has 8 aromatic carbocycles. The van der Waals surface area contributed by atoms with Crippen LogP contribution in [0.4, 0.5) is 0 Å². The molecule has 0 N–H and O–H groups in total. The summed E-state index contributed by atoms with van der Waals surface area (Å²) in [5.74, 6) is 0.646. The van der Waals surface area contributed by atoms with Crippen LogP contribution in [0.1, 0.15) is 12.8 Å². The van der Waals surface area contributed by atoms with Gasteiger partial charge in [0.25, 0.3) is 0 Å². The van der Waals surface area contributed by atoms with Gasteiger partial charge in [0.15, 0.2) is 5.82 Å². The Morgan fingerprint density at radius 2 is 1.23 bits per heavy atom. The lowest BCUT2D eigenvalue weighted by Gasteiger charge is -2.12. The second-order valence-electron chi connectivity index (χ2n) is 16.0. The van der Waals surface area contributed by atoms with E-state index in [4.69, 9.17) is 14.4 Å². The second-order valence-corrected chi connectivity index (χ2v) is 17.0. The van der Waals surface area contributed by atoms with Gasteiger partial charge in [-0.05, 0) is 102 Å². The van der Waals surface area contributed by atoms with Gasteiger partial charge in [-0.1, -0.05) is 121 Å². The van der Waals surface area contributed by atoms with Gasteiger partial charge < -0.3 is 8.98 Å². The van der Waals surface area contributed by atoms with Crippen molar-refractivity contribution in [3.8, 4) is 44.9 Å². The van der Waals surface area contributed by atoms with Gasteiger partial charge in [0.2, 0.25) is 0 Å². The van der Waals surface area contributed by atoms with Crippen LogP contribution in [-0.2, 0) is 0 Å². The van der Waals surface area contributed by atoms with Crippen molar-refractivity contribution in [3.05, 3.63) is 188 Å². The predicted octanol–water partition coefficient (Wildman–Crippen LogP) is 15.9. The molecule has 0 amide bonds. The summed E-state index contributed by atoms with van der Waals surface area (Å²) in [7, 11) is 0. The van der Waals surface area contributed by atoms with E-state index < -0.39 is 0 Å². The van der Waals surface area contributed by atoms with Crippen LogP contribution in [0.25, 0.3) is 125 Å². The molecule has 0 saturated heterocycles. The minimum atomic E-state index is 0.646. The van der Waals surface area contributed by atoms with Crippen molar-refractivity contribution in [2.75, 3.05) is 0 Å². The molecule has 0 bridgehead atoms. The summed E-state index contributed by atoms with van der Waals surface area (Å²) in [4.78, 5) is 10.6. The predicted molar refractivity (Wildman–Crippen MR) is 257 cm³/mol. The van der Waals surface area contributed by atoms with Crippen molar-refractivity contribution in [2.45, 2.75) is 12.8 Å². The Balaban J connectivity index is 0.968. The topological polar surface area (TPSA) is 43.9 Å². The number of aromatic nitrogens is 3. The van der Waals surface area contributed by atoms with Crippen molar-refractivity contribution in [1.29, 1.82) is 0 Å². The minimum Gasteiger partial charge on any atom is -0.455 e. The van der Waals surface area contributed by atoms with Gasteiger partial charge in [-0.2, -0.15) is 0 Å². The molecule has 4 nitrogen and oxygen atoms in total. The monoisotopic (exact) mass is 797 g/mol. The highest BCUT2D eigenvalue weighted by Gasteiger charge is 2.20. The Hall–Kier alpha value is -7.60. The molecule has 0 spiro atoms. The number of hydrogen-bond acceptors (Lipinski definition) is 4. The number of furan rings is 1. The zero-order chi connectivity index (χ0) is 40.0. The number of nitrogens with zero attached hydrogens (tertiary/aromatic N) is 3. The van der Waals surface area contributed by atoms with Crippen molar-refractivity contribution >= 4 is 91.9 Å². The number of rotatable bonds is 5. The van der Waals surface area contributed by atoms with E-state index in [0.29, 0.717) is 5.82 Å². The Morgan fingerprint density at radius 3 is 2.13 bits per heavy atom. The molecule has 0 radical (unpaired) electrons. The van der Waals surface area contributed by atoms with Crippen molar-refractivity contribution in [1.82, 2.24) is 14.5 Å². The molecule has 4 aromatic heterocycles. The zero-order valence-electron chi connectivity index (χ0n) is 33.0. The van der Waals surface area contributed by atoms with Crippen LogP contribution in [0, 0.1) is 0 Å². The molecule has 0 unspecified atom stereocenters. The minimum absolute atomic E-state index is 0.646. The van der Waals surface area contributed by atoms with Crippen molar-refractivity contribution in [3.63, 3.8) is 0 Å². The SMILES string of the molecule is C1=CC(n2c3ccccc3c3cc(-c4ccc5sc6cccc(-c7ccc8nc(-c9cccc%10c9oc9ccccc9%10)nc(-c9ccccc9)c8c7)c6c5c4)ccc32)=CCC1. The van der Waals surface area contributed by atoms with E-state index in [0.717, 1.165) is 68.1 Å². The lowest BCUT2D eigenvalue weighted by atomic mass is 9.95. The maximum Gasteiger partial charge on any atom is 0.164 e. The normalized spacial score (nSPS) is 13.1. The first-order valence-electron chi connectivity index (χ1n) is 20.9. The summed E-state index contributed by atoms with van der Waals surface area (Å²) in [6, 6.07) is 61.0. The van der Waals surface area contributed by atoms with E-state index in [1.165, 1.54) is 64.4 Å². The van der Waals surface area contributed by atoms with Crippen LogP contribution in [0.2, 0.25) is 0 Å². The van der Waals surface area contributed by atoms with Gasteiger partial charge >= 0.3 is 0 Å². The van der Waals surface area contributed by atoms with E-state index in [9.17, 15) is 0 Å². The summed E-state index contributed by atoms with van der Waals surface area (Å²) in [5, 5.41) is 8.24. The maximum absolute atomic E-state index is 6.45. The molecule has 0 atom stereocenters. The van der Waals surface area contributed by atoms with Crippen LogP contribution in [0.3, 0.4) is 0 Å². The Labute approximate surface area is 355 Å². The first-order valence-corrected chi connectivity index (χ1v) is 21.7. The van der Waals surface area contributed by atoms with Gasteiger partial charge in [0.1, 0.15) is 11.2 Å². The fraction of sp³-hybridized carbons (Fsp3) is 0.0357. The van der Waals surface area contributed by atoms with Crippen molar-refractivity contribution in [2.24, 2.45) is 0 Å². The molecule has 5 heteroatoms. The van der Waals surface area contributed by atoms with Crippen LogP contribution >= 0.6 is 11.3 Å². The molecule has 0 aliphatic heterocycles. The number of hydrogen-bond donors (Lipinski definition) is 0. The summed E-state index contributed by atoms with van der Waals surface area (Å²) < 4.78 is 11.4. The third kappa shape index (κ3) is 5.37. The number of benzene rings is 8. The van der Waals surface area contributed by atoms with Gasteiger partial charge in [-0.3, -0.25) is 0 Å². The highest BCUT2D eigenvalue weighted by Crippen LogP contribution is 2.44. The molecule has 1 aliphatic rings. The number of fused-ring (bicyclic) bond motifs is 10. The van der Waals surface area contributed by atoms with E-state index in [1.54, 1.807) is 0 Å². The van der Waals surface area contributed by atoms with Crippen LogP contribution in [-0.4, -0.2) is 14.5 Å². The van der Waals surface area contributed by atoms with Gasteiger partial charge in [-0.25, -0.2) is 9.97 Å². The number of allylic oxidation sites excluding steroid dienone is 4. The van der Waals surface area contributed by atoms with Crippen LogP contribution in [0.15, 0.2) is 193 Å². The van der Waals surface area contributed by atoms with Crippen molar-refractivity contribution < 1.29 is 4.42 Å². The summed E-state index contributed by atoms with van der Waals surface area (Å²) in [6.07, 6.45) is 9.08. The van der Waals surface area contributed by atoms with Gasteiger partial charge in [-0.15, -0.1) is 11.3 Å². The maximum atomic E-state index is 6.45. The number of para-hydroxylation sites is 3. The van der Waals surface area contributed by atoms with E-state index >= 15 is 0 Å². The molecule has 12 aromatic rings. The third-order valence-corrected chi connectivity index (χ3v) is 13.6. The van der Waals surface area contributed by atoms with Gasteiger partial charge in [0.05, 0.1) is 27.8 Å². The molecule has 61 heavy (non-hydrogen) atoms. The molecular formula is C56H35N3OS. The number of thiophene rings is 1. The average Bonchev–Trinajstić information content (AvgIpc) is 4.01. The smallest absolute Gasteiger partial charge is 0.164 e. The largest absolute Gasteiger partial charge is 0.455 e. The highest BCUT2D eigenvalue weighted by molar-refractivity contribution is 7.26. The molecule has 286 valence electrons. The molecule has 13 rings (SSSR count). The highest BCUT2D eigenvalue weighted by atomic mass is 32.1. The quantitative estimate of drug-likeness (QED) is 0.174. The lowest BCUT2D eigenvalue weighted by Crippen LogP contribution is -1.96. The van der Waals surface area contributed by atoms with Crippen LogP contribution in [0.5, 0.6) is 0 Å². The summed E-state index contributed by atoms with van der Waals surface area (Å²) >= 11 is 1.85. The van der Waals surface area contributed by atoms with E-state index in [2.05, 4.69) is 174 Å². The summed E-state index contributed by atoms with van der Waals surface area (Å²) in [5.41, 5.74) is 13.9. The Morgan fingerprint density at radius 1 is 0.492 bits per heavy atom. The molecular weight excluding hydrogens is 763 g/mol. The Bertz CT molecular complexity index is 3830. The Kier molecular flexibility index (Phi) is 7.57. The molecule has 0 saturated carbocycles. The summed E-state index contributed by atoms with van der Waals surface area (Å²) in [6.45, 7) is 0. The fourth-order valence-electron chi connectivity index (χ4n) is 9.60. The first kappa shape index (κ1) is 34.3. The molecule has 0 fully saturated rings. The zero-order valence-corrected chi connectivity index (χ0v) is 33.8. The lowest BCUT2D eigenvalue weighted by molar-refractivity contribution is 0.669. The average molecular weight is 798 g/mol. The second kappa shape index (κ2) is 13.5. The van der Waals surface area contributed by atoms with E-state index in [1.807, 2.05) is 29.5 Å². The molecule has 4 heterocycles. The third-order valence-electron chi connectivity index (χ3n) is 12.4. The fourth-order valence-corrected chi connectivity index (χ4v) is 10.7. The van der Waals surface area contributed by atoms with E-state index in [-0.39, 0.29) is 0 Å².